The SMILES string of the molecule is CC(C)(C)OC(=O)n1nc(Cl)c2ccc(CO)cc21. The van der Waals surface area contributed by atoms with Gasteiger partial charge in [-0.2, -0.15) is 4.68 Å². The standard InChI is InChI=1S/C13H15ClN2O3/c1-13(2,3)19-12(18)16-10-6-8(7-17)4-5-9(10)11(14)15-16/h4-6,17H,7H2,1-3H3. The summed E-state index contributed by atoms with van der Waals surface area (Å²) in [4.78, 5) is 12.0. The fourth-order valence-corrected chi connectivity index (χ4v) is 1.90. The molecule has 0 aliphatic heterocycles. The first-order valence-corrected chi connectivity index (χ1v) is 6.21. The molecule has 0 radical (unpaired) electrons. The highest BCUT2D eigenvalue weighted by Gasteiger charge is 2.21. The summed E-state index contributed by atoms with van der Waals surface area (Å²) in [6.07, 6.45) is -0.598. The van der Waals surface area contributed by atoms with Crippen LogP contribution in [-0.2, 0) is 11.3 Å². The summed E-state index contributed by atoms with van der Waals surface area (Å²) >= 11 is 5.99. The third-order valence-corrected chi connectivity index (χ3v) is 2.73. The van der Waals surface area contributed by atoms with Gasteiger partial charge < -0.3 is 9.84 Å². The average molecular weight is 283 g/mol. The Morgan fingerprint density at radius 2 is 2.16 bits per heavy atom. The number of carbonyl (C=O) groups excluding carboxylic acids is 1. The molecule has 0 spiro atoms. The van der Waals surface area contributed by atoms with Gasteiger partial charge in [0.2, 0.25) is 0 Å². The molecule has 2 rings (SSSR count). The number of aliphatic hydroxyl groups is 1. The van der Waals surface area contributed by atoms with Crippen molar-refractivity contribution in [1.82, 2.24) is 9.78 Å². The Kier molecular flexibility index (Phi) is 3.52. The monoisotopic (exact) mass is 282 g/mol. The molecule has 6 heteroatoms. The highest BCUT2D eigenvalue weighted by Crippen LogP contribution is 2.24. The van der Waals surface area contributed by atoms with Gasteiger partial charge in [0.25, 0.3) is 0 Å². The van der Waals surface area contributed by atoms with Crippen LogP contribution in [0.1, 0.15) is 26.3 Å². The number of nitrogens with zero attached hydrogens (tertiary/aromatic N) is 2. The predicted octanol–water partition coefficient (Wildman–Crippen LogP) is 2.97. The molecule has 5 nitrogen and oxygen atoms in total. The van der Waals surface area contributed by atoms with E-state index in [4.69, 9.17) is 21.4 Å². The smallest absolute Gasteiger partial charge is 0.435 e. The second kappa shape index (κ2) is 4.83. The van der Waals surface area contributed by atoms with Gasteiger partial charge in [0, 0.05) is 5.39 Å². The molecule has 0 unspecified atom stereocenters. The van der Waals surface area contributed by atoms with E-state index in [1.165, 1.54) is 0 Å². The molecule has 1 aromatic heterocycles. The van der Waals surface area contributed by atoms with E-state index < -0.39 is 11.7 Å². The first-order chi connectivity index (χ1) is 8.81. The number of aromatic nitrogens is 2. The average Bonchev–Trinajstić information content (AvgIpc) is 2.64. The molecule has 0 saturated heterocycles. The minimum absolute atomic E-state index is 0.118. The number of hydrogen-bond donors (Lipinski definition) is 1. The Hall–Kier alpha value is -1.59. The molecule has 0 fully saturated rings. The summed E-state index contributed by atoms with van der Waals surface area (Å²) in [7, 11) is 0. The van der Waals surface area contributed by atoms with Crippen LogP contribution in [0.3, 0.4) is 0 Å². The zero-order chi connectivity index (χ0) is 14.2. The number of carbonyl (C=O) groups is 1. The lowest BCUT2D eigenvalue weighted by Gasteiger charge is -2.19. The van der Waals surface area contributed by atoms with Crippen LogP contribution in [0.25, 0.3) is 10.9 Å². The van der Waals surface area contributed by atoms with Crippen molar-refractivity contribution >= 4 is 28.6 Å². The summed E-state index contributed by atoms with van der Waals surface area (Å²) in [5.41, 5.74) is 0.579. The third kappa shape index (κ3) is 2.88. The van der Waals surface area contributed by atoms with Crippen LogP contribution in [0.5, 0.6) is 0 Å². The predicted molar refractivity (Wildman–Crippen MR) is 72.3 cm³/mol. The molecule has 2 aromatic rings. The molecule has 19 heavy (non-hydrogen) atoms. The maximum Gasteiger partial charge on any atom is 0.435 e. The van der Waals surface area contributed by atoms with Gasteiger partial charge in [0.15, 0.2) is 5.15 Å². The highest BCUT2D eigenvalue weighted by atomic mass is 35.5. The molecular formula is C13H15ClN2O3. The van der Waals surface area contributed by atoms with Crippen LogP contribution in [0.4, 0.5) is 4.79 Å². The summed E-state index contributed by atoms with van der Waals surface area (Å²) in [6.45, 7) is 5.21. The van der Waals surface area contributed by atoms with E-state index in [1.54, 1.807) is 39.0 Å². The van der Waals surface area contributed by atoms with Gasteiger partial charge in [-0.25, -0.2) is 4.79 Å². The van der Waals surface area contributed by atoms with Gasteiger partial charge >= 0.3 is 6.09 Å². The van der Waals surface area contributed by atoms with E-state index >= 15 is 0 Å². The quantitative estimate of drug-likeness (QED) is 0.873. The lowest BCUT2D eigenvalue weighted by Crippen LogP contribution is -2.27. The number of halogens is 1. The maximum atomic E-state index is 12.0. The van der Waals surface area contributed by atoms with Gasteiger partial charge in [-0.15, -0.1) is 5.10 Å². The van der Waals surface area contributed by atoms with Crippen molar-refractivity contribution in [2.24, 2.45) is 0 Å². The van der Waals surface area contributed by atoms with Crippen LogP contribution in [0.2, 0.25) is 5.15 Å². The molecular weight excluding hydrogens is 268 g/mol. The molecule has 0 bridgehead atoms. The highest BCUT2D eigenvalue weighted by molar-refractivity contribution is 6.34. The molecule has 1 N–H and O–H groups in total. The lowest BCUT2D eigenvalue weighted by atomic mass is 10.2. The zero-order valence-corrected chi connectivity index (χ0v) is 11.7. The third-order valence-electron chi connectivity index (χ3n) is 2.45. The fraction of sp³-hybridized carbons (Fsp3) is 0.385. The van der Waals surface area contributed by atoms with E-state index in [-0.39, 0.29) is 11.8 Å². The first-order valence-electron chi connectivity index (χ1n) is 5.83. The Bertz CT molecular complexity index is 629. The summed E-state index contributed by atoms with van der Waals surface area (Å²) in [5, 5.41) is 14.0. The minimum Gasteiger partial charge on any atom is -0.442 e. The van der Waals surface area contributed by atoms with Crippen molar-refractivity contribution in [3.63, 3.8) is 0 Å². The number of fused-ring (bicyclic) bond motifs is 1. The van der Waals surface area contributed by atoms with Crippen molar-refractivity contribution in [3.05, 3.63) is 28.9 Å². The molecule has 0 saturated carbocycles. The Morgan fingerprint density at radius 3 is 2.74 bits per heavy atom. The van der Waals surface area contributed by atoms with Gasteiger partial charge in [0.1, 0.15) is 5.60 Å². The number of aliphatic hydroxyl groups excluding tert-OH is 1. The molecule has 0 aliphatic rings. The van der Waals surface area contributed by atoms with Gasteiger partial charge in [-0.3, -0.25) is 0 Å². The maximum absolute atomic E-state index is 12.0. The Labute approximate surface area is 115 Å². The summed E-state index contributed by atoms with van der Waals surface area (Å²) in [5.74, 6) is 0. The van der Waals surface area contributed by atoms with Gasteiger partial charge in [0.05, 0.1) is 12.1 Å². The van der Waals surface area contributed by atoms with E-state index in [0.717, 1.165) is 4.68 Å². The molecule has 1 aromatic carbocycles. The number of rotatable bonds is 1. The van der Waals surface area contributed by atoms with Crippen molar-refractivity contribution in [3.8, 4) is 0 Å². The van der Waals surface area contributed by atoms with Crippen LogP contribution in [0, 0.1) is 0 Å². The number of benzene rings is 1. The molecule has 102 valence electrons. The molecule has 0 amide bonds. The molecule has 0 aliphatic carbocycles. The minimum atomic E-state index is -0.615. The van der Waals surface area contributed by atoms with Crippen molar-refractivity contribution in [2.45, 2.75) is 33.0 Å². The molecule has 1 heterocycles. The Morgan fingerprint density at radius 1 is 1.47 bits per heavy atom. The van der Waals surface area contributed by atoms with Crippen LogP contribution in [-0.4, -0.2) is 26.6 Å². The van der Waals surface area contributed by atoms with Crippen LogP contribution < -0.4 is 0 Å². The van der Waals surface area contributed by atoms with Crippen molar-refractivity contribution < 1.29 is 14.6 Å². The Balaban J connectivity index is 2.51. The fourth-order valence-electron chi connectivity index (χ4n) is 1.67. The van der Waals surface area contributed by atoms with E-state index in [1.807, 2.05) is 0 Å². The second-order valence-electron chi connectivity index (χ2n) is 5.19. The zero-order valence-electron chi connectivity index (χ0n) is 11.0. The number of hydrogen-bond acceptors (Lipinski definition) is 4. The topological polar surface area (TPSA) is 64.4 Å². The van der Waals surface area contributed by atoms with E-state index in [2.05, 4.69) is 5.10 Å². The van der Waals surface area contributed by atoms with E-state index in [9.17, 15) is 4.79 Å². The normalized spacial score (nSPS) is 11.8. The summed E-state index contributed by atoms with van der Waals surface area (Å²) in [6, 6.07) is 5.12. The van der Waals surface area contributed by atoms with Crippen molar-refractivity contribution in [2.75, 3.05) is 0 Å². The van der Waals surface area contributed by atoms with Crippen molar-refractivity contribution in [1.29, 1.82) is 0 Å². The largest absolute Gasteiger partial charge is 0.442 e. The first kappa shape index (κ1) is 13.8. The van der Waals surface area contributed by atoms with Gasteiger partial charge in [-0.1, -0.05) is 17.7 Å². The number of ether oxygens (including phenoxy) is 1. The van der Waals surface area contributed by atoms with Crippen LogP contribution >= 0.6 is 11.6 Å². The lowest BCUT2D eigenvalue weighted by molar-refractivity contribution is 0.0522. The van der Waals surface area contributed by atoms with Crippen LogP contribution in [0.15, 0.2) is 18.2 Å². The molecule has 0 atom stereocenters. The summed E-state index contributed by atoms with van der Waals surface area (Å²) < 4.78 is 6.37. The van der Waals surface area contributed by atoms with E-state index in [0.29, 0.717) is 16.5 Å². The van der Waals surface area contributed by atoms with Gasteiger partial charge in [-0.05, 0) is 38.5 Å². The second-order valence-corrected chi connectivity index (χ2v) is 5.55.